The highest BCUT2D eigenvalue weighted by Crippen LogP contribution is 2.29. The van der Waals surface area contributed by atoms with Crippen molar-refractivity contribution >= 4 is 27.7 Å². The lowest BCUT2D eigenvalue weighted by Crippen LogP contribution is -2.40. The molecule has 1 amide bonds. The van der Waals surface area contributed by atoms with Crippen LogP contribution in [0.1, 0.15) is 13.8 Å². The van der Waals surface area contributed by atoms with Gasteiger partial charge < -0.3 is 5.32 Å². The Hall–Kier alpha value is -0.840. The minimum Gasteiger partial charge on any atom is -0.310 e. The van der Waals surface area contributed by atoms with Gasteiger partial charge in [-0.25, -0.2) is 4.68 Å². The van der Waals surface area contributed by atoms with Gasteiger partial charge >= 0.3 is 0 Å². The Morgan fingerprint density at radius 2 is 2.38 bits per heavy atom. The standard InChI is InChI=1S/C8H10BrN3O/c1-8(2)4-12-6(10-7(8)13)3-5(9)11-12/h3H,4H2,1-2H3,(H,10,13). The van der Waals surface area contributed by atoms with Gasteiger partial charge in [-0.05, 0) is 29.8 Å². The predicted molar refractivity (Wildman–Crippen MR) is 52.3 cm³/mol. The zero-order valence-electron chi connectivity index (χ0n) is 7.47. The summed E-state index contributed by atoms with van der Waals surface area (Å²) in [6.07, 6.45) is 0. The molecular formula is C8H10BrN3O. The zero-order chi connectivity index (χ0) is 9.64. The molecule has 0 spiro atoms. The highest BCUT2D eigenvalue weighted by atomic mass is 79.9. The molecular weight excluding hydrogens is 234 g/mol. The average Bonchev–Trinajstić information content (AvgIpc) is 2.29. The Labute approximate surface area is 84.4 Å². The topological polar surface area (TPSA) is 46.9 Å². The molecule has 0 saturated carbocycles. The number of hydrogen-bond donors (Lipinski definition) is 1. The lowest BCUT2D eigenvalue weighted by Gasteiger charge is -2.28. The van der Waals surface area contributed by atoms with E-state index in [4.69, 9.17) is 0 Å². The molecule has 0 atom stereocenters. The van der Waals surface area contributed by atoms with Crippen molar-refractivity contribution in [1.29, 1.82) is 0 Å². The van der Waals surface area contributed by atoms with Gasteiger partial charge in [-0.1, -0.05) is 0 Å². The average molecular weight is 244 g/mol. The molecule has 2 rings (SSSR count). The molecule has 2 heterocycles. The second-order valence-electron chi connectivity index (χ2n) is 3.85. The van der Waals surface area contributed by atoms with Crippen molar-refractivity contribution in [3.8, 4) is 0 Å². The molecule has 1 aromatic heterocycles. The summed E-state index contributed by atoms with van der Waals surface area (Å²) in [5, 5.41) is 7.00. The molecule has 13 heavy (non-hydrogen) atoms. The maximum atomic E-state index is 11.5. The van der Waals surface area contributed by atoms with Gasteiger partial charge in [0.2, 0.25) is 5.91 Å². The minimum absolute atomic E-state index is 0.0485. The van der Waals surface area contributed by atoms with Crippen LogP contribution in [0, 0.1) is 5.41 Å². The van der Waals surface area contributed by atoms with E-state index in [1.807, 2.05) is 13.8 Å². The Morgan fingerprint density at radius 3 is 3.08 bits per heavy atom. The van der Waals surface area contributed by atoms with Gasteiger partial charge in [-0.2, -0.15) is 5.10 Å². The summed E-state index contributed by atoms with van der Waals surface area (Å²) >= 11 is 3.27. The number of fused-ring (bicyclic) bond motifs is 1. The molecule has 0 aromatic carbocycles. The van der Waals surface area contributed by atoms with Crippen molar-refractivity contribution < 1.29 is 4.79 Å². The van der Waals surface area contributed by atoms with E-state index in [9.17, 15) is 4.79 Å². The van der Waals surface area contributed by atoms with E-state index in [1.165, 1.54) is 0 Å². The first kappa shape index (κ1) is 8.74. The van der Waals surface area contributed by atoms with Crippen LogP contribution in [-0.4, -0.2) is 15.7 Å². The number of amides is 1. The molecule has 0 radical (unpaired) electrons. The third kappa shape index (κ3) is 1.37. The van der Waals surface area contributed by atoms with Crippen LogP contribution in [0.25, 0.3) is 0 Å². The Kier molecular flexibility index (Phi) is 1.73. The Morgan fingerprint density at radius 1 is 1.69 bits per heavy atom. The van der Waals surface area contributed by atoms with Gasteiger partial charge in [0.1, 0.15) is 10.4 Å². The Bertz CT molecular complexity index is 369. The second-order valence-corrected chi connectivity index (χ2v) is 4.66. The van der Waals surface area contributed by atoms with Crippen molar-refractivity contribution in [3.63, 3.8) is 0 Å². The maximum Gasteiger partial charge on any atom is 0.233 e. The molecule has 0 saturated heterocycles. The molecule has 1 N–H and O–H groups in total. The molecule has 1 aliphatic heterocycles. The van der Waals surface area contributed by atoms with Crippen molar-refractivity contribution in [2.24, 2.45) is 5.41 Å². The summed E-state index contributed by atoms with van der Waals surface area (Å²) in [6, 6.07) is 1.80. The smallest absolute Gasteiger partial charge is 0.233 e. The van der Waals surface area contributed by atoms with E-state index >= 15 is 0 Å². The number of rotatable bonds is 0. The molecule has 1 aromatic rings. The highest BCUT2D eigenvalue weighted by molar-refractivity contribution is 9.10. The van der Waals surface area contributed by atoms with Crippen LogP contribution in [0.2, 0.25) is 0 Å². The molecule has 1 aliphatic rings. The monoisotopic (exact) mass is 243 g/mol. The molecule has 0 aliphatic carbocycles. The summed E-state index contributed by atoms with van der Waals surface area (Å²) in [6.45, 7) is 4.43. The lowest BCUT2D eigenvalue weighted by atomic mass is 9.91. The molecule has 0 bridgehead atoms. The van der Waals surface area contributed by atoms with E-state index in [0.717, 1.165) is 10.4 Å². The molecule has 0 fully saturated rings. The van der Waals surface area contributed by atoms with Crippen molar-refractivity contribution in [1.82, 2.24) is 9.78 Å². The van der Waals surface area contributed by atoms with Gasteiger partial charge in [0, 0.05) is 6.07 Å². The maximum absolute atomic E-state index is 11.5. The van der Waals surface area contributed by atoms with Crippen LogP contribution in [0.3, 0.4) is 0 Å². The molecule has 0 unspecified atom stereocenters. The van der Waals surface area contributed by atoms with E-state index in [0.29, 0.717) is 6.54 Å². The Balaban J connectivity index is 2.43. The van der Waals surface area contributed by atoms with E-state index in [2.05, 4.69) is 26.3 Å². The molecule has 4 nitrogen and oxygen atoms in total. The second kappa shape index (κ2) is 2.57. The van der Waals surface area contributed by atoms with Gasteiger partial charge in [-0.15, -0.1) is 0 Å². The number of halogens is 1. The summed E-state index contributed by atoms with van der Waals surface area (Å²) in [4.78, 5) is 11.5. The number of aromatic nitrogens is 2. The number of hydrogen-bond acceptors (Lipinski definition) is 2. The van der Waals surface area contributed by atoms with Crippen LogP contribution >= 0.6 is 15.9 Å². The van der Waals surface area contributed by atoms with Crippen molar-refractivity contribution in [2.45, 2.75) is 20.4 Å². The predicted octanol–water partition coefficient (Wildman–Crippen LogP) is 1.62. The fourth-order valence-corrected chi connectivity index (χ4v) is 1.75. The first-order valence-electron chi connectivity index (χ1n) is 4.04. The van der Waals surface area contributed by atoms with Gasteiger partial charge in [-0.3, -0.25) is 4.79 Å². The third-order valence-corrected chi connectivity index (χ3v) is 2.54. The van der Waals surface area contributed by atoms with E-state index in [1.54, 1.807) is 10.7 Å². The van der Waals surface area contributed by atoms with Gasteiger partial charge in [0.15, 0.2) is 0 Å². The van der Waals surface area contributed by atoms with Crippen molar-refractivity contribution in [2.75, 3.05) is 5.32 Å². The lowest BCUT2D eigenvalue weighted by molar-refractivity contribution is -0.125. The largest absolute Gasteiger partial charge is 0.310 e. The number of carbonyl (C=O) groups excluding carboxylic acids is 1. The summed E-state index contributed by atoms with van der Waals surface area (Å²) in [5.74, 6) is 0.809. The van der Waals surface area contributed by atoms with Crippen LogP contribution in [0.5, 0.6) is 0 Å². The molecule has 70 valence electrons. The fourth-order valence-electron chi connectivity index (χ4n) is 1.34. The van der Waals surface area contributed by atoms with Gasteiger partial charge in [0.05, 0.1) is 12.0 Å². The first-order chi connectivity index (χ1) is 5.99. The highest BCUT2D eigenvalue weighted by Gasteiger charge is 2.34. The normalized spacial score (nSPS) is 19.5. The number of anilines is 1. The van der Waals surface area contributed by atoms with Gasteiger partial charge in [0.25, 0.3) is 0 Å². The number of carbonyl (C=O) groups is 1. The quantitative estimate of drug-likeness (QED) is 0.753. The van der Waals surface area contributed by atoms with E-state index in [-0.39, 0.29) is 11.3 Å². The summed E-state index contributed by atoms with van der Waals surface area (Å²) in [7, 11) is 0. The summed E-state index contributed by atoms with van der Waals surface area (Å²) < 4.78 is 2.55. The number of nitrogens with zero attached hydrogens (tertiary/aromatic N) is 2. The first-order valence-corrected chi connectivity index (χ1v) is 4.83. The molecule has 5 heteroatoms. The minimum atomic E-state index is -0.377. The SMILES string of the molecule is CC1(C)Cn2nc(Br)cc2NC1=O. The van der Waals surface area contributed by atoms with Crippen LogP contribution in [0.15, 0.2) is 10.7 Å². The number of nitrogens with one attached hydrogen (secondary N) is 1. The fraction of sp³-hybridized carbons (Fsp3) is 0.500. The van der Waals surface area contributed by atoms with Crippen molar-refractivity contribution in [3.05, 3.63) is 10.7 Å². The summed E-state index contributed by atoms with van der Waals surface area (Å²) in [5.41, 5.74) is -0.377. The van der Waals surface area contributed by atoms with Crippen LogP contribution in [0.4, 0.5) is 5.82 Å². The zero-order valence-corrected chi connectivity index (χ0v) is 9.05. The third-order valence-electron chi connectivity index (χ3n) is 2.15. The van der Waals surface area contributed by atoms with E-state index < -0.39 is 0 Å². The van der Waals surface area contributed by atoms with Crippen LogP contribution < -0.4 is 5.32 Å². The van der Waals surface area contributed by atoms with Crippen LogP contribution in [-0.2, 0) is 11.3 Å².